The third kappa shape index (κ3) is 3.14. The second kappa shape index (κ2) is 5.24. The van der Waals surface area contributed by atoms with E-state index in [-0.39, 0.29) is 17.2 Å². The zero-order valence-electron chi connectivity index (χ0n) is 10.7. The summed E-state index contributed by atoms with van der Waals surface area (Å²) in [5, 5.41) is 0.268. The summed E-state index contributed by atoms with van der Waals surface area (Å²) in [5.41, 5.74) is 5.40. The minimum absolute atomic E-state index is 0.252. The van der Waals surface area contributed by atoms with Crippen molar-refractivity contribution in [3.05, 3.63) is 10.9 Å². The lowest BCUT2D eigenvalue weighted by molar-refractivity contribution is -0.290. The molecule has 4 nitrogen and oxygen atoms in total. The van der Waals surface area contributed by atoms with Crippen LogP contribution in [0, 0.1) is 0 Å². The molecular weight excluding hydrogens is 317 g/mol. The molecule has 0 saturated carbocycles. The van der Waals surface area contributed by atoms with Crippen LogP contribution in [-0.2, 0) is 6.42 Å². The highest BCUT2D eigenvalue weighted by atomic mass is 32.1. The van der Waals surface area contributed by atoms with Crippen LogP contribution in [0.1, 0.15) is 11.8 Å². The normalized spacial score (nSPS) is 12.9. The molecule has 2 heterocycles. The molecule has 2 N–H and O–H groups in total. The summed E-state index contributed by atoms with van der Waals surface area (Å²) in [4.78, 5) is 8.72. The van der Waals surface area contributed by atoms with Crippen molar-refractivity contribution in [2.45, 2.75) is 25.4 Å². The fraction of sp³-hybridized carbons (Fsp3) is 0.455. The van der Waals surface area contributed by atoms with Crippen molar-refractivity contribution < 1.29 is 26.7 Å². The Morgan fingerprint density at radius 1 is 1.24 bits per heavy atom. The number of halogens is 5. The van der Waals surface area contributed by atoms with E-state index in [1.807, 2.05) is 6.92 Å². The molecule has 0 atom stereocenters. The van der Waals surface area contributed by atoms with Gasteiger partial charge in [0.2, 0.25) is 11.8 Å². The van der Waals surface area contributed by atoms with Gasteiger partial charge in [0.25, 0.3) is 0 Å². The Balaban J connectivity index is 2.32. The summed E-state index contributed by atoms with van der Waals surface area (Å²) in [6, 6.07) is 1.58. The second-order valence-corrected chi connectivity index (χ2v) is 5.28. The van der Waals surface area contributed by atoms with E-state index in [1.54, 1.807) is 6.07 Å². The standard InChI is InChI=1S/C11H10F5N3OS/c1-2-5-3-6-7(18-9(17)19-8(6)21-5)20-4-10(12,13)11(14,15)16/h3H,2,4H2,1H3,(H2,17,18,19). The number of nitrogens with two attached hydrogens (primary N) is 1. The Kier molecular flexibility index (Phi) is 3.91. The van der Waals surface area contributed by atoms with E-state index in [0.717, 1.165) is 4.88 Å². The van der Waals surface area contributed by atoms with Crippen molar-refractivity contribution >= 4 is 27.5 Å². The topological polar surface area (TPSA) is 61.0 Å². The first-order chi connectivity index (χ1) is 9.64. The molecule has 2 aromatic rings. The summed E-state index contributed by atoms with van der Waals surface area (Å²) in [6.07, 6.45) is -5.03. The average molecular weight is 327 g/mol. The van der Waals surface area contributed by atoms with Crippen LogP contribution in [-0.4, -0.2) is 28.7 Å². The number of thiophene rings is 1. The predicted octanol–water partition coefficient (Wildman–Crippen LogP) is 3.41. The molecule has 0 unspecified atom stereocenters. The number of hydrogen-bond acceptors (Lipinski definition) is 5. The quantitative estimate of drug-likeness (QED) is 0.874. The number of nitrogen functional groups attached to an aromatic ring is 1. The van der Waals surface area contributed by atoms with Gasteiger partial charge in [0, 0.05) is 4.88 Å². The van der Waals surface area contributed by atoms with Gasteiger partial charge >= 0.3 is 12.1 Å². The molecule has 116 valence electrons. The molecule has 0 aromatic carbocycles. The van der Waals surface area contributed by atoms with Crippen LogP contribution in [0.2, 0.25) is 0 Å². The third-order valence-corrected chi connectivity index (χ3v) is 3.75. The lowest BCUT2D eigenvalue weighted by atomic mass is 10.3. The Labute approximate surface area is 119 Å². The van der Waals surface area contributed by atoms with Crippen molar-refractivity contribution in [2.75, 3.05) is 12.3 Å². The molecule has 0 fully saturated rings. The summed E-state index contributed by atoms with van der Waals surface area (Å²) in [5.74, 6) is -5.60. The smallest absolute Gasteiger partial charge is 0.456 e. The molecule has 0 radical (unpaired) electrons. The van der Waals surface area contributed by atoms with Gasteiger partial charge in [-0.1, -0.05) is 6.92 Å². The maximum Gasteiger partial charge on any atom is 0.456 e. The molecular formula is C11H10F5N3OS. The Bertz CT molecular complexity index is 655. The van der Waals surface area contributed by atoms with Crippen molar-refractivity contribution in [3.63, 3.8) is 0 Å². The minimum atomic E-state index is -5.69. The number of hydrogen-bond donors (Lipinski definition) is 1. The van der Waals surface area contributed by atoms with Crippen LogP contribution in [0.25, 0.3) is 10.2 Å². The van der Waals surface area contributed by atoms with E-state index in [0.29, 0.717) is 11.3 Å². The minimum Gasteiger partial charge on any atom is -0.470 e. The van der Waals surface area contributed by atoms with Crippen LogP contribution in [0.15, 0.2) is 6.07 Å². The van der Waals surface area contributed by atoms with E-state index >= 15 is 0 Å². The van der Waals surface area contributed by atoms with Crippen LogP contribution in [0.4, 0.5) is 27.9 Å². The van der Waals surface area contributed by atoms with Crippen LogP contribution in [0.3, 0.4) is 0 Å². The Hall–Kier alpha value is -1.71. The third-order valence-electron chi connectivity index (χ3n) is 2.58. The van der Waals surface area contributed by atoms with Gasteiger partial charge in [0.15, 0.2) is 6.61 Å². The number of nitrogens with zero attached hydrogens (tertiary/aromatic N) is 2. The molecule has 21 heavy (non-hydrogen) atoms. The first kappa shape index (κ1) is 15.7. The summed E-state index contributed by atoms with van der Waals surface area (Å²) in [6.45, 7) is -0.000802. The van der Waals surface area contributed by atoms with Gasteiger partial charge < -0.3 is 10.5 Å². The largest absolute Gasteiger partial charge is 0.470 e. The van der Waals surface area contributed by atoms with Crippen molar-refractivity contribution in [3.8, 4) is 5.88 Å². The number of rotatable bonds is 4. The molecule has 0 aliphatic carbocycles. The van der Waals surface area contributed by atoms with E-state index in [1.165, 1.54) is 11.3 Å². The van der Waals surface area contributed by atoms with E-state index < -0.39 is 18.7 Å². The van der Waals surface area contributed by atoms with Crippen LogP contribution < -0.4 is 10.5 Å². The number of aromatic nitrogens is 2. The van der Waals surface area contributed by atoms with Crippen LogP contribution >= 0.6 is 11.3 Å². The van der Waals surface area contributed by atoms with E-state index in [9.17, 15) is 22.0 Å². The molecule has 0 spiro atoms. The highest BCUT2D eigenvalue weighted by Crippen LogP contribution is 2.37. The van der Waals surface area contributed by atoms with Crippen molar-refractivity contribution in [1.82, 2.24) is 9.97 Å². The van der Waals surface area contributed by atoms with Gasteiger partial charge in [0.05, 0.1) is 5.39 Å². The maximum absolute atomic E-state index is 12.9. The summed E-state index contributed by atoms with van der Waals surface area (Å²) < 4.78 is 66.6. The fourth-order valence-corrected chi connectivity index (χ4v) is 2.45. The monoisotopic (exact) mass is 327 g/mol. The van der Waals surface area contributed by atoms with E-state index in [2.05, 4.69) is 14.7 Å². The number of aryl methyl sites for hydroxylation is 1. The molecule has 2 aromatic heterocycles. The van der Waals surface area contributed by atoms with Gasteiger partial charge in [-0.3, -0.25) is 0 Å². The lowest BCUT2D eigenvalue weighted by Gasteiger charge is -2.19. The summed E-state index contributed by atoms with van der Waals surface area (Å²) >= 11 is 1.24. The zero-order valence-corrected chi connectivity index (χ0v) is 11.5. The Morgan fingerprint density at radius 3 is 2.48 bits per heavy atom. The molecule has 2 rings (SSSR count). The first-order valence-corrected chi connectivity index (χ1v) is 6.59. The lowest BCUT2D eigenvalue weighted by Crippen LogP contribution is -2.41. The van der Waals surface area contributed by atoms with Gasteiger partial charge in [-0.2, -0.15) is 26.9 Å². The average Bonchev–Trinajstić information content (AvgIpc) is 2.77. The number of alkyl halides is 5. The first-order valence-electron chi connectivity index (χ1n) is 5.77. The SMILES string of the molecule is CCc1cc2c(OCC(F)(F)C(F)(F)F)nc(N)nc2s1. The number of anilines is 1. The molecule has 10 heteroatoms. The molecule has 0 saturated heterocycles. The fourth-order valence-electron chi connectivity index (χ4n) is 1.49. The van der Waals surface area contributed by atoms with Crippen LogP contribution in [0.5, 0.6) is 5.88 Å². The zero-order chi connectivity index (χ0) is 15.8. The number of ether oxygens (including phenoxy) is 1. The number of fused-ring (bicyclic) bond motifs is 1. The maximum atomic E-state index is 12.9. The molecule has 0 bridgehead atoms. The second-order valence-electron chi connectivity index (χ2n) is 4.16. The molecule has 0 amide bonds. The Morgan fingerprint density at radius 2 is 1.90 bits per heavy atom. The molecule has 0 aliphatic heterocycles. The van der Waals surface area contributed by atoms with Crippen molar-refractivity contribution in [1.29, 1.82) is 0 Å². The van der Waals surface area contributed by atoms with E-state index in [4.69, 9.17) is 5.73 Å². The summed E-state index contributed by atoms with van der Waals surface area (Å²) in [7, 11) is 0. The molecule has 0 aliphatic rings. The van der Waals surface area contributed by atoms with Gasteiger partial charge in [-0.05, 0) is 12.5 Å². The van der Waals surface area contributed by atoms with Gasteiger partial charge in [0.1, 0.15) is 4.83 Å². The van der Waals surface area contributed by atoms with Crippen molar-refractivity contribution in [2.24, 2.45) is 0 Å². The highest BCUT2D eigenvalue weighted by Gasteiger charge is 2.58. The highest BCUT2D eigenvalue weighted by molar-refractivity contribution is 7.18. The predicted molar refractivity (Wildman–Crippen MR) is 67.7 cm³/mol. The van der Waals surface area contributed by atoms with Gasteiger partial charge in [-0.15, -0.1) is 11.3 Å². The van der Waals surface area contributed by atoms with Gasteiger partial charge in [-0.25, -0.2) is 4.98 Å².